The van der Waals surface area contributed by atoms with Crippen molar-refractivity contribution in [1.29, 1.82) is 0 Å². The molecule has 1 unspecified atom stereocenters. The quantitative estimate of drug-likeness (QED) is 0.294. The van der Waals surface area contributed by atoms with Crippen molar-refractivity contribution in [1.82, 2.24) is 9.97 Å². The first-order valence-electron chi connectivity index (χ1n) is 11.3. The van der Waals surface area contributed by atoms with Crippen molar-refractivity contribution in [3.05, 3.63) is 88.6 Å². The zero-order valence-corrected chi connectivity index (χ0v) is 20.4. The molecule has 2 aromatic heterocycles. The van der Waals surface area contributed by atoms with Gasteiger partial charge in [0.2, 0.25) is 0 Å². The van der Waals surface area contributed by atoms with Gasteiger partial charge in [-0.25, -0.2) is 4.98 Å². The van der Waals surface area contributed by atoms with Crippen LogP contribution in [0.4, 0.5) is 0 Å². The van der Waals surface area contributed by atoms with E-state index in [0.717, 1.165) is 44.4 Å². The molecule has 0 radical (unpaired) electrons. The Morgan fingerprint density at radius 1 is 1.06 bits per heavy atom. The van der Waals surface area contributed by atoms with Crippen molar-refractivity contribution in [3.8, 4) is 27.6 Å². The second-order valence-corrected chi connectivity index (χ2v) is 9.66. The fourth-order valence-corrected chi connectivity index (χ4v) is 4.89. The van der Waals surface area contributed by atoms with E-state index in [2.05, 4.69) is 37.0 Å². The molecule has 174 valence electrons. The number of thiazole rings is 1. The summed E-state index contributed by atoms with van der Waals surface area (Å²) in [6.07, 6.45) is 2.55. The van der Waals surface area contributed by atoms with Crippen molar-refractivity contribution >= 4 is 17.3 Å². The van der Waals surface area contributed by atoms with Crippen LogP contribution in [0, 0.1) is 13.8 Å². The van der Waals surface area contributed by atoms with Gasteiger partial charge in [0.1, 0.15) is 10.8 Å². The van der Waals surface area contributed by atoms with E-state index in [1.807, 2.05) is 55.6 Å². The number of rotatable bonds is 9. The molecule has 0 aliphatic rings. The SMILES string of the molecule is Cc1cc(OCC(C)c2nc(-c3ccc(-c4ccccc4)nc3)sc2C)ccc1CCC(=O)O. The molecule has 2 aromatic carbocycles. The van der Waals surface area contributed by atoms with E-state index in [4.69, 9.17) is 14.8 Å². The monoisotopic (exact) mass is 472 g/mol. The maximum absolute atomic E-state index is 10.8. The molecule has 0 bridgehead atoms. The highest BCUT2D eigenvalue weighted by Gasteiger charge is 2.17. The molecule has 34 heavy (non-hydrogen) atoms. The van der Waals surface area contributed by atoms with Crippen LogP contribution >= 0.6 is 11.3 Å². The number of carboxylic acid groups (broad SMARTS) is 1. The molecule has 0 saturated carbocycles. The summed E-state index contributed by atoms with van der Waals surface area (Å²) in [5, 5.41) is 9.86. The third-order valence-electron chi connectivity index (χ3n) is 5.80. The minimum Gasteiger partial charge on any atom is -0.493 e. The molecular weight excluding hydrogens is 444 g/mol. The van der Waals surface area contributed by atoms with Gasteiger partial charge in [-0.05, 0) is 55.7 Å². The first-order valence-corrected chi connectivity index (χ1v) is 12.2. The molecule has 0 saturated heterocycles. The van der Waals surface area contributed by atoms with Crippen LogP contribution in [0.5, 0.6) is 5.75 Å². The average Bonchev–Trinajstić information content (AvgIpc) is 3.24. The van der Waals surface area contributed by atoms with Crippen LogP contribution in [0.3, 0.4) is 0 Å². The van der Waals surface area contributed by atoms with Gasteiger partial charge in [-0.2, -0.15) is 0 Å². The van der Waals surface area contributed by atoms with Gasteiger partial charge >= 0.3 is 5.97 Å². The third kappa shape index (κ3) is 5.69. The molecule has 4 rings (SSSR count). The number of benzene rings is 2. The van der Waals surface area contributed by atoms with Crippen LogP contribution < -0.4 is 4.74 Å². The first kappa shape index (κ1) is 23.6. The number of aryl methyl sites for hydroxylation is 3. The molecule has 6 heteroatoms. The lowest BCUT2D eigenvalue weighted by atomic mass is 10.0. The summed E-state index contributed by atoms with van der Waals surface area (Å²) in [6.45, 7) is 6.72. The fraction of sp³-hybridized carbons (Fsp3) is 0.250. The Hall–Kier alpha value is -3.51. The van der Waals surface area contributed by atoms with Gasteiger partial charge in [-0.15, -0.1) is 11.3 Å². The Kier molecular flexibility index (Phi) is 7.38. The van der Waals surface area contributed by atoms with Gasteiger partial charge in [0, 0.05) is 34.5 Å². The van der Waals surface area contributed by atoms with E-state index in [0.29, 0.717) is 13.0 Å². The number of nitrogens with zero attached hydrogens (tertiary/aromatic N) is 2. The smallest absolute Gasteiger partial charge is 0.303 e. The van der Waals surface area contributed by atoms with Crippen LogP contribution in [0.25, 0.3) is 21.8 Å². The summed E-state index contributed by atoms with van der Waals surface area (Å²) in [7, 11) is 0. The normalized spacial score (nSPS) is 11.9. The van der Waals surface area contributed by atoms with E-state index < -0.39 is 5.97 Å². The Balaban J connectivity index is 1.41. The summed E-state index contributed by atoms with van der Waals surface area (Å²) in [4.78, 5) is 21.5. The van der Waals surface area contributed by atoms with Gasteiger partial charge in [-0.1, -0.05) is 43.3 Å². The van der Waals surface area contributed by atoms with Crippen molar-refractivity contribution in [3.63, 3.8) is 0 Å². The second kappa shape index (κ2) is 10.6. The van der Waals surface area contributed by atoms with Gasteiger partial charge in [-0.3, -0.25) is 9.78 Å². The Labute approximate surface area is 204 Å². The number of carbonyl (C=O) groups is 1. The van der Waals surface area contributed by atoms with Crippen molar-refractivity contribution in [2.75, 3.05) is 6.61 Å². The lowest BCUT2D eigenvalue weighted by Gasteiger charge is -2.14. The Morgan fingerprint density at radius 2 is 1.85 bits per heavy atom. The van der Waals surface area contributed by atoms with Crippen LogP contribution in [0.15, 0.2) is 66.9 Å². The molecule has 0 amide bonds. The number of ether oxygens (including phenoxy) is 1. The highest BCUT2D eigenvalue weighted by Crippen LogP contribution is 2.32. The predicted molar refractivity (Wildman–Crippen MR) is 137 cm³/mol. The lowest BCUT2D eigenvalue weighted by molar-refractivity contribution is -0.136. The number of aliphatic carboxylic acids is 1. The topological polar surface area (TPSA) is 72.3 Å². The number of pyridine rings is 1. The first-order chi connectivity index (χ1) is 16.4. The third-order valence-corrected chi connectivity index (χ3v) is 6.84. The van der Waals surface area contributed by atoms with E-state index >= 15 is 0 Å². The molecule has 0 spiro atoms. The largest absolute Gasteiger partial charge is 0.493 e. The summed E-state index contributed by atoms with van der Waals surface area (Å²) >= 11 is 1.68. The van der Waals surface area contributed by atoms with E-state index in [9.17, 15) is 4.79 Å². The standard InChI is InChI=1S/C28H28N2O3S/c1-18-15-24(12-9-21(18)11-14-26(31)32)33-17-19(2)27-20(3)34-28(30-27)23-10-13-25(29-16-23)22-7-5-4-6-8-22/h4-10,12-13,15-16,19H,11,14,17H2,1-3H3,(H,31,32). The fourth-order valence-electron chi connectivity index (χ4n) is 3.87. The highest BCUT2D eigenvalue weighted by atomic mass is 32.1. The molecule has 0 fully saturated rings. The highest BCUT2D eigenvalue weighted by molar-refractivity contribution is 7.15. The predicted octanol–water partition coefficient (Wildman–Crippen LogP) is 6.69. The molecule has 0 aliphatic carbocycles. The van der Waals surface area contributed by atoms with Gasteiger partial charge in [0.15, 0.2) is 0 Å². The van der Waals surface area contributed by atoms with Crippen molar-refractivity contribution in [2.45, 2.75) is 39.5 Å². The minimum absolute atomic E-state index is 0.133. The van der Waals surface area contributed by atoms with Crippen LogP contribution in [0.2, 0.25) is 0 Å². The number of hydrogen-bond acceptors (Lipinski definition) is 5. The Morgan fingerprint density at radius 3 is 2.53 bits per heavy atom. The molecular formula is C28H28N2O3S. The average molecular weight is 473 g/mol. The van der Waals surface area contributed by atoms with Crippen molar-refractivity contribution in [2.24, 2.45) is 0 Å². The maximum atomic E-state index is 10.8. The summed E-state index contributed by atoms with van der Waals surface area (Å²) in [5.41, 5.74) is 6.19. The maximum Gasteiger partial charge on any atom is 0.303 e. The van der Waals surface area contributed by atoms with Gasteiger partial charge in [0.05, 0.1) is 18.0 Å². The van der Waals surface area contributed by atoms with Crippen LogP contribution in [-0.4, -0.2) is 27.7 Å². The Bertz CT molecular complexity index is 1270. The lowest BCUT2D eigenvalue weighted by Crippen LogP contribution is -2.09. The number of hydrogen-bond donors (Lipinski definition) is 1. The van der Waals surface area contributed by atoms with E-state index in [-0.39, 0.29) is 12.3 Å². The van der Waals surface area contributed by atoms with E-state index in [1.54, 1.807) is 11.3 Å². The van der Waals surface area contributed by atoms with Gasteiger partial charge < -0.3 is 9.84 Å². The number of aromatic nitrogens is 2. The summed E-state index contributed by atoms with van der Waals surface area (Å²) in [6, 6.07) is 20.1. The minimum atomic E-state index is -0.783. The molecule has 4 aromatic rings. The molecule has 1 N–H and O–H groups in total. The zero-order valence-electron chi connectivity index (χ0n) is 19.6. The summed E-state index contributed by atoms with van der Waals surface area (Å²) < 4.78 is 6.05. The van der Waals surface area contributed by atoms with E-state index in [1.165, 1.54) is 4.88 Å². The molecule has 1 atom stereocenters. The van der Waals surface area contributed by atoms with Gasteiger partial charge in [0.25, 0.3) is 0 Å². The van der Waals surface area contributed by atoms with Crippen LogP contribution in [-0.2, 0) is 11.2 Å². The van der Waals surface area contributed by atoms with Crippen LogP contribution in [0.1, 0.15) is 41.0 Å². The second-order valence-electron chi connectivity index (χ2n) is 8.45. The van der Waals surface area contributed by atoms with Crippen molar-refractivity contribution < 1.29 is 14.6 Å². The molecule has 5 nitrogen and oxygen atoms in total. The summed E-state index contributed by atoms with van der Waals surface area (Å²) in [5.74, 6) is 0.139. The molecule has 0 aliphatic heterocycles. The molecule has 2 heterocycles. The number of carboxylic acids is 1. The zero-order chi connectivity index (χ0) is 24.1.